The maximum atomic E-state index is 14.5. The van der Waals surface area contributed by atoms with E-state index in [9.17, 15) is 68.4 Å². The van der Waals surface area contributed by atoms with Crippen LogP contribution >= 0.6 is 0 Å². The Hall–Kier alpha value is -8.11. The number of benzene rings is 2. The Morgan fingerprint density at radius 2 is 0.802 bits per heavy atom. The van der Waals surface area contributed by atoms with Crippen LogP contribution in [0, 0.1) is 23.7 Å². The monoisotopic (exact) mass is 1210 g/mol. The van der Waals surface area contributed by atoms with Crippen LogP contribution in [0.5, 0.6) is 11.5 Å². The van der Waals surface area contributed by atoms with Crippen molar-refractivity contribution < 1.29 is 68.4 Å². The van der Waals surface area contributed by atoms with E-state index < -0.39 is 138 Å². The highest BCUT2D eigenvalue weighted by atomic mass is 16.4. The standard InChI is InChI=1S/C58H94N14O14/c1-30(2)25-41(66-48(76)34(9)60)50(78)67-42(26-31(3)4)51(79)70-45(29-73)54(82)72-46(32(5)6)55(83)64-39(14-12-24-63-58(61)62)49(77)71-47(33(7)8)56(84)69-44(28-36-17-21-38(75)22-18-36)53(81)68-43(27-35-15-19-37(74)20-16-35)52(80)65-40(57(85)86)13-10-11-23-59/h15-22,30-34,39-47,73-75H,10-14,23-29,59-60H2,1-9H3,(H,64,83)(H,65,80)(H,66,76)(H,67,78)(H,68,81)(H,69,84)(H,70,79)(H,71,77)(H,72,82)(H,85,86)(H4,61,62,63)/t34-,39-,40-,41-,42-,43-,44-,45-,46-,47-/m0/s1. The van der Waals surface area contributed by atoms with Gasteiger partial charge in [-0.15, -0.1) is 0 Å². The van der Waals surface area contributed by atoms with E-state index >= 15 is 0 Å². The number of aliphatic imine (C=N–C) groups is 1. The molecular formula is C58H94N14O14. The van der Waals surface area contributed by atoms with Crippen LogP contribution in [0.4, 0.5) is 0 Å². The predicted molar refractivity (Wildman–Crippen MR) is 321 cm³/mol. The molecule has 0 heterocycles. The largest absolute Gasteiger partial charge is 0.508 e. The van der Waals surface area contributed by atoms with Crippen LogP contribution in [-0.4, -0.2) is 166 Å². The number of unbranched alkanes of at least 4 members (excludes halogenated alkanes) is 1. The quantitative estimate of drug-likeness (QED) is 0.0202. The molecule has 2 rings (SSSR count). The second-order valence-corrected chi connectivity index (χ2v) is 22.9. The third-order valence-electron chi connectivity index (χ3n) is 13.6. The van der Waals surface area contributed by atoms with Crippen molar-refractivity contribution in [2.24, 2.45) is 51.6 Å². The van der Waals surface area contributed by atoms with Crippen molar-refractivity contribution in [1.82, 2.24) is 47.9 Å². The van der Waals surface area contributed by atoms with E-state index in [2.05, 4.69) is 52.8 Å². The van der Waals surface area contributed by atoms with Gasteiger partial charge in [-0.05, 0) is 117 Å². The number of phenolic OH excluding ortho intramolecular Hbond substituents is 2. The first kappa shape index (κ1) is 74.0. The number of guanidine groups is 1. The molecule has 0 spiro atoms. The number of nitrogens with one attached hydrogen (secondary N) is 9. The average Bonchev–Trinajstić information content (AvgIpc) is 2.52. The number of carboxylic acids is 1. The van der Waals surface area contributed by atoms with Gasteiger partial charge in [0.2, 0.25) is 53.2 Å². The number of hydrogen-bond acceptors (Lipinski definition) is 16. The highest BCUT2D eigenvalue weighted by Crippen LogP contribution is 2.17. The van der Waals surface area contributed by atoms with Crippen LogP contribution in [0.25, 0.3) is 0 Å². The van der Waals surface area contributed by atoms with Gasteiger partial charge in [0, 0.05) is 19.4 Å². The highest BCUT2D eigenvalue weighted by molar-refractivity contribution is 5.99. The zero-order valence-corrected chi connectivity index (χ0v) is 50.8. The number of phenols is 2. The van der Waals surface area contributed by atoms with Gasteiger partial charge in [-0.2, -0.15) is 0 Å². The molecule has 0 saturated carbocycles. The number of carbonyl (C=O) groups is 10. The van der Waals surface area contributed by atoms with E-state index in [0.717, 1.165) is 0 Å². The summed E-state index contributed by atoms with van der Waals surface area (Å²) in [5.74, 6) is -10.9. The molecular weight excluding hydrogens is 1120 g/mol. The van der Waals surface area contributed by atoms with Crippen LogP contribution in [0.15, 0.2) is 53.5 Å². The number of nitrogens with two attached hydrogens (primary N) is 4. The van der Waals surface area contributed by atoms with Gasteiger partial charge in [-0.3, -0.25) is 48.1 Å². The molecule has 0 fully saturated rings. The maximum Gasteiger partial charge on any atom is 0.326 e. The van der Waals surface area contributed by atoms with Gasteiger partial charge in [0.05, 0.1) is 12.6 Å². The number of aliphatic carboxylic acids is 1. The van der Waals surface area contributed by atoms with Gasteiger partial charge < -0.3 is 91.2 Å². The number of aromatic hydroxyl groups is 2. The summed E-state index contributed by atoms with van der Waals surface area (Å²) in [6.45, 7) is 14.4. The van der Waals surface area contributed by atoms with Crippen molar-refractivity contribution in [3.05, 3.63) is 59.7 Å². The summed E-state index contributed by atoms with van der Waals surface area (Å²) in [4.78, 5) is 142. The Morgan fingerprint density at radius 3 is 1.19 bits per heavy atom. The molecule has 28 heteroatoms. The zero-order valence-electron chi connectivity index (χ0n) is 50.8. The first-order valence-electron chi connectivity index (χ1n) is 29.0. The van der Waals surface area contributed by atoms with Crippen molar-refractivity contribution in [2.75, 3.05) is 19.7 Å². The Balaban J connectivity index is 2.50. The van der Waals surface area contributed by atoms with Crippen molar-refractivity contribution in [3.8, 4) is 11.5 Å². The minimum absolute atomic E-state index is 0.00153. The van der Waals surface area contributed by atoms with Crippen LogP contribution in [0.3, 0.4) is 0 Å². The Labute approximate surface area is 502 Å². The van der Waals surface area contributed by atoms with Crippen molar-refractivity contribution >= 4 is 65.1 Å². The number of aliphatic hydroxyl groups excluding tert-OH is 1. The van der Waals surface area contributed by atoms with Crippen molar-refractivity contribution in [2.45, 2.75) is 181 Å². The molecule has 2 aromatic rings. The molecule has 86 heavy (non-hydrogen) atoms. The molecule has 0 aliphatic heterocycles. The number of carbonyl (C=O) groups excluding carboxylic acids is 9. The van der Waals surface area contributed by atoms with Gasteiger partial charge in [0.1, 0.15) is 65.9 Å². The molecule has 10 atom stereocenters. The number of aliphatic hydroxyl groups is 1. The van der Waals surface area contributed by atoms with E-state index in [-0.39, 0.29) is 80.8 Å². The van der Waals surface area contributed by atoms with Crippen LogP contribution in [-0.2, 0) is 60.8 Å². The molecule has 0 radical (unpaired) electrons. The Morgan fingerprint density at radius 1 is 0.453 bits per heavy atom. The van der Waals surface area contributed by atoms with Crippen LogP contribution in [0.2, 0.25) is 0 Å². The summed E-state index contributed by atoms with van der Waals surface area (Å²) < 4.78 is 0. The first-order chi connectivity index (χ1) is 40.4. The van der Waals surface area contributed by atoms with E-state index in [1.54, 1.807) is 41.5 Å². The molecule has 0 saturated heterocycles. The molecule has 21 N–H and O–H groups in total. The minimum atomic E-state index is -1.65. The van der Waals surface area contributed by atoms with Gasteiger partial charge >= 0.3 is 5.97 Å². The third kappa shape index (κ3) is 26.9. The summed E-state index contributed by atoms with van der Waals surface area (Å²) in [5.41, 5.74) is 23.3. The molecule has 0 aliphatic carbocycles. The molecule has 0 aliphatic rings. The molecule has 28 nitrogen and oxygen atoms in total. The van der Waals surface area contributed by atoms with Crippen LogP contribution in [0.1, 0.15) is 118 Å². The molecule has 0 unspecified atom stereocenters. The van der Waals surface area contributed by atoms with Gasteiger partial charge in [-0.1, -0.05) is 79.7 Å². The highest BCUT2D eigenvalue weighted by Gasteiger charge is 2.37. The number of rotatable bonds is 38. The average molecular weight is 1210 g/mol. The molecule has 0 bridgehead atoms. The summed E-state index contributed by atoms with van der Waals surface area (Å²) >= 11 is 0. The summed E-state index contributed by atoms with van der Waals surface area (Å²) in [6.07, 6.45) is 0.756. The SMILES string of the molecule is CC(C)C[C@H](NC(=O)[C@H](C)N)C(=O)N[C@@H](CC(C)C)C(=O)N[C@@H](CO)C(=O)N[C@H](C(=O)N[C@@H](CCCN=C(N)N)C(=O)N[C@H](C(=O)N[C@@H](Cc1ccc(O)cc1)C(=O)N[C@@H](Cc1ccc(O)cc1)C(=O)N[C@@H](CCCCN)C(=O)O)C(C)C)C(C)C. The topological polar surface area (TPSA) is 476 Å². The lowest BCUT2D eigenvalue weighted by molar-refractivity contribution is -0.142. The lowest BCUT2D eigenvalue weighted by Gasteiger charge is -2.30. The Bertz CT molecular complexity index is 2580. The van der Waals surface area contributed by atoms with Crippen molar-refractivity contribution in [1.29, 1.82) is 0 Å². The predicted octanol–water partition coefficient (Wildman–Crippen LogP) is -1.74. The third-order valence-corrected chi connectivity index (χ3v) is 13.6. The fourth-order valence-corrected chi connectivity index (χ4v) is 8.77. The minimum Gasteiger partial charge on any atom is -0.508 e. The van der Waals surface area contributed by atoms with Crippen LogP contribution < -0.4 is 70.8 Å². The molecule has 2 aromatic carbocycles. The lowest BCUT2D eigenvalue weighted by atomic mass is 9.98. The molecule has 0 aromatic heterocycles. The van der Waals surface area contributed by atoms with E-state index in [1.807, 2.05) is 13.8 Å². The fourth-order valence-electron chi connectivity index (χ4n) is 8.77. The Kier molecular flexibility index (Phi) is 32.1. The number of amides is 9. The molecule has 9 amide bonds. The second-order valence-electron chi connectivity index (χ2n) is 22.9. The van der Waals surface area contributed by atoms with E-state index in [1.165, 1.54) is 55.5 Å². The lowest BCUT2D eigenvalue weighted by Crippen LogP contribution is -2.62. The first-order valence-corrected chi connectivity index (χ1v) is 29.0. The van der Waals surface area contributed by atoms with E-state index in [4.69, 9.17) is 22.9 Å². The zero-order chi connectivity index (χ0) is 65.0. The smallest absolute Gasteiger partial charge is 0.326 e. The second kappa shape index (κ2) is 37.3. The maximum absolute atomic E-state index is 14.5. The number of carboxylic acid groups (broad SMARTS) is 1. The number of hydrogen-bond donors (Lipinski definition) is 17. The van der Waals surface area contributed by atoms with Gasteiger partial charge in [-0.25, -0.2) is 4.79 Å². The fraction of sp³-hybridized carbons (Fsp3) is 0.603. The normalized spacial score (nSPS) is 14.8. The summed E-state index contributed by atoms with van der Waals surface area (Å²) in [7, 11) is 0. The van der Waals surface area contributed by atoms with E-state index in [0.29, 0.717) is 30.5 Å². The summed E-state index contributed by atoms with van der Waals surface area (Å²) in [6, 6.07) is -1.96. The number of nitrogens with zero attached hydrogens (tertiary/aromatic N) is 1. The van der Waals surface area contributed by atoms with Gasteiger partial charge in [0.15, 0.2) is 5.96 Å². The van der Waals surface area contributed by atoms with Gasteiger partial charge in [0.25, 0.3) is 0 Å². The van der Waals surface area contributed by atoms with Crippen molar-refractivity contribution in [3.63, 3.8) is 0 Å². The summed E-state index contributed by atoms with van der Waals surface area (Å²) in [5, 5.41) is 63.8. The molecule has 480 valence electrons.